The van der Waals surface area contributed by atoms with Crippen molar-refractivity contribution >= 4 is 11.9 Å². The fourth-order valence-electron chi connectivity index (χ4n) is 9.29. The molecule has 0 bridgehead atoms. The van der Waals surface area contributed by atoms with E-state index in [0.717, 1.165) is 74.7 Å². The Bertz CT molecular complexity index is 1420. The highest BCUT2D eigenvalue weighted by molar-refractivity contribution is 5.98. The van der Waals surface area contributed by atoms with E-state index in [1.165, 1.54) is 74.5 Å². The topological polar surface area (TPSA) is 86.3 Å². The third kappa shape index (κ3) is 10.1. The molecule has 1 saturated carbocycles. The molecule has 0 aromatic rings. The number of hydrogen-bond acceptors (Lipinski definition) is 5. The molecule has 0 aromatic heterocycles. The summed E-state index contributed by atoms with van der Waals surface area (Å²) in [4.78, 5) is 5.15. The van der Waals surface area contributed by atoms with Crippen LogP contribution in [0.3, 0.4) is 0 Å². The van der Waals surface area contributed by atoms with Gasteiger partial charge in [-0.05, 0) is 117 Å². The Balaban J connectivity index is 1.05. The van der Waals surface area contributed by atoms with Gasteiger partial charge in [0, 0.05) is 48.4 Å². The minimum atomic E-state index is 0.0674. The lowest BCUT2D eigenvalue weighted by molar-refractivity contribution is 0.227. The van der Waals surface area contributed by atoms with E-state index in [-0.39, 0.29) is 18.0 Å². The molecule has 0 aromatic carbocycles. The molecule has 9 atom stereocenters. The highest BCUT2D eigenvalue weighted by Gasteiger charge is 2.29. The first kappa shape index (κ1) is 36.9. The average molecular weight is 676 g/mol. The van der Waals surface area contributed by atoms with Crippen LogP contribution in [0.4, 0.5) is 0 Å². The number of nitrogens with one attached hydrogen (secondary N) is 3. The summed E-state index contributed by atoms with van der Waals surface area (Å²) in [7, 11) is 0. The summed E-state index contributed by atoms with van der Waals surface area (Å²) in [5.41, 5.74) is 13.1. The normalized spacial score (nSPS) is 34.7. The first-order valence-corrected chi connectivity index (χ1v) is 20.3. The van der Waals surface area contributed by atoms with Crippen LogP contribution in [0.25, 0.3) is 0 Å². The van der Waals surface area contributed by atoms with Gasteiger partial charge in [0.05, 0.1) is 6.04 Å². The van der Waals surface area contributed by atoms with Crippen molar-refractivity contribution in [3.63, 3.8) is 0 Å². The van der Waals surface area contributed by atoms with Gasteiger partial charge in [0.25, 0.3) is 0 Å². The van der Waals surface area contributed by atoms with Crippen molar-refractivity contribution in [2.45, 2.75) is 127 Å². The lowest BCUT2D eigenvalue weighted by atomic mass is 9.75. The van der Waals surface area contributed by atoms with E-state index < -0.39 is 0 Å². The standard InChI is InChI=1S/C45H65N5/c1-3-35-22-20-33(21-24-42(46)39-16-10-26-48-31-39)28-45(35)49-30-34-12-8-15-38(27-34)44-19-9-17-40(50-44)29-37-14-6-7-18-41(37)43(47)25-23-36-13-5-4-11-32(36)2/h3,6,8,14-16,20,22,27-30,32,34-36,40-41,43-46,48,50H,1,4-5,7,9-13,17-19,21,23-26,31,47H2,2H3/b37-29+,46-42?,49-30?/t32-,34?,35?,36?,40?,41?,43?,44-,45?/m0/s1. The van der Waals surface area contributed by atoms with E-state index in [1.807, 2.05) is 6.08 Å². The lowest BCUT2D eigenvalue weighted by Gasteiger charge is -2.35. The molecule has 2 fully saturated rings. The molecule has 4 aliphatic carbocycles. The molecule has 0 radical (unpaired) electrons. The fourth-order valence-corrected chi connectivity index (χ4v) is 9.29. The van der Waals surface area contributed by atoms with E-state index in [4.69, 9.17) is 16.1 Å². The van der Waals surface area contributed by atoms with Gasteiger partial charge in [-0.3, -0.25) is 4.99 Å². The molecule has 50 heavy (non-hydrogen) atoms. The fraction of sp³-hybridized carbons (Fsp3) is 0.600. The highest BCUT2D eigenvalue weighted by atomic mass is 15.0. The number of nitrogens with two attached hydrogens (primary N) is 1. The maximum absolute atomic E-state index is 8.57. The van der Waals surface area contributed by atoms with Crippen molar-refractivity contribution < 1.29 is 0 Å². The van der Waals surface area contributed by atoms with E-state index in [1.54, 1.807) is 0 Å². The summed E-state index contributed by atoms with van der Waals surface area (Å²) in [5.74, 6) is 2.74. The summed E-state index contributed by atoms with van der Waals surface area (Å²) in [5, 5.41) is 16.0. The average Bonchev–Trinajstić information content (AvgIpc) is 3.16. The Labute approximate surface area is 303 Å². The molecule has 2 aliphatic heterocycles. The van der Waals surface area contributed by atoms with Crippen LogP contribution in [0.1, 0.15) is 103 Å². The maximum Gasteiger partial charge on any atom is 0.0779 e. The van der Waals surface area contributed by atoms with E-state index >= 15 is 0 Å². The first-order valence-electron chi connectivity index (χ1n) is 20.3. The molecule has 5 heteroatoms. The van der Waals surface area contributed by atoms with Crippen LogP contribution in [0.2, 0.25) is 0 Å². The summed E-state index contributed by atoms with van der Waals surface area (Å²) < 4.78 is 0. The zero-order valence-corrected chi connectivity index (χ0v) is 30.9. The van der Waals surface area contributed by atoms with Crippen molar-refractivity contribution in [1.29, 1.82) is 5.41 Å². The lowest BCUT2D eigenvalue weighted by Crippen LogP contribution is -2.43. The monoisotopic (exact) mass is 676 g/mol. The van der Waals surface area contributed by atoms with Crippen LogP contribution in [-0.4, -0.2) is 49.2 Å². The Morgan fingerprint density at radius 2 is 1.96 bits per heavy atom. The van der Waals surface area contributed by atoms with Crippen LogP contribution < -0.4 is 16.4 Å². The maximum atomic E-state index is 8.57. The molecular weight excluding hydrogens is 611 g/mol. The highest BCUT2D eigenvalue weighted by Crippen LogP contribution is 2.36. The Morgan fingerprint density at radius 1 is 1.06 bits per heavy atom. The minimum Gasteiger partial charge on any atom is -0.327 e. The van der Waals surface area contributed by atoms with Gasteiger partial charge in [-0.15, -0.1) is 6.58 Å². The molecule has 6 rings (SSSR count). The molecular formula is C45H65N5. The molecule has 5 N–H and O–H groups in total. The molecule has 0 spiro atoms. The SMILES string of the molecule is C=CC1C=CC(CCC(=N)C2=CCCNC2)=CC1N=CC1C=C([C@@H]2CCCC(/C=C3\C=CCCC3C(N)CCC3CCCC[C@@H]3C)N2)C=CC1. The number of rotatable bonds is 13. The number of nitrogens with zero attached hydrogens (tertiary/aromatic N) is 1. The quantitative estimate of drug-likeness (QED) is 0.116. The molecule has 2 heterocycles. The molecule has 0 amide bonds. The van der Waals surface area contributed by atoms with Gasteiger partial charge >= 0.3 is 0 Å². The van der Waals surface area contributed by atoms with Gasteiger partial charge in [-0.2, -0.15) is 0 Å². The summed E-state index contributed by atoms with van der Waals surface area (Å²) >= 11 is 0. The van der Waals surface area contributed by atoms with Gasteiger partial charge < -0.3 is 21.8 Å². The third-order valence-electron chi connectivity index (χ3n) is 12.5. The second-order valence-corrected chi connectivity index (χ2v) is 16.1. The predicted octanol–water partition coefficient (Wildman–Crippen LogP) is 9.28. The molecule has 270 valence electrons. The van der Waals surface area contributed by atoms with Crippen molar-refractivity contribution in [2.75, 3.05) is 13.1 Å². The van der Waals surface area contributed by atoms with Crippen LogP contribution in [0.15, 0.2) is 101 Å². The second kappa shape index (κ2) is 18.6. The van der Waals surface area contributed by atoms with Crippen molar-refractivity contribution in [1.82, 2.24) is 10.6 Å². The number of hydrogen-bond donors (Lipinski definition) is 4. The van der Waals surface area contributed by atoms with Crippen molar-refractivity contribution in [3.05, 3.63) is 95.7 Å². The van der Waals surface area contributed by atoms with E-state index in [9.17, 15) is 0 Å². The molecule has 1 saturated heterocycles. The largest absolute Gasteiger partial charge is 0.327 e. The first-order chi connectivity index (χ1) is 24.5. The van der Waals surface area contributed by atoms with Gasteiger partial charge in [0.2, 0.25) is 0 Å². The zero-order chi connectivity index (χ0) is 34.7. The Kier molecular flexibility index (Phi) is 13.7. The smallest absolute Gasteiger partial charge is 0.0779 e. The van der Waals surface area contributed by atoms with E-state index in [0.29, 0.717) is 23.9 Å². The number of aliphatic imine (C=N–C) groups is 1. The molecule has 7 unspecified atom stereocenters. The van der Waals surface area contributed by atoms with Gasteiger partial charge in [-0.25, -0.2) is 0 Å². The van der Waals surface area contributed by atoms with Gasteiger partial charge in [0.1, 0.15) is 0 Å². The summed E-state index contributed by atoms with van der Waals surface area (Å²) in [6, 6.07) is 1.10. The Hall–Kier alpha value is -2.86. The number of allylic oxidation sites excluding steroid dienone is 6. The second-order valence-electron chi connectivity index (χ2n) is 16.1. The molecule has 6 aliphatic rings. The Morgan fingerprint density at radius 3 is 2.80 bits per heavy atom. The van der Waals surface area contributed by atoms with Crippen LogP contribution in [0, 0.1) is 35.0 Å². The van der Waals surface area contributed by atoms with Crippen molar-refractivity contribution in [2.24, 2.45) is 40.3 Å². The summed E-state index contributed by atoms with van der Waals surface area (Å²) in [6.07, 6.45) is 45.4. The van der Waals surface area contributed by atoms with E-state index in [2.05, 4.69) is 91.1 Å². The van der Waals surface area contributed by atoms with Crippen LogP contribution in [0.5, 0.6) is 0 Å². The third-order valence-corrected chi connectivity index (χ3v) is 12.5. The predicted molar refractivity (Wildman–Crippen MR) is 214 cm³/mol. The van der Waals surface area contributed by atoms with Gasteiger partial charge in [0.15, 0.2) is 0 Å². The van der Waals surface area contributed by atoms with Crippen LogP contribution >= 0.6 is 0 Å². The zero-order valence-electron chi connectivity index (χ0n) is 30.9. The number of piperidine rings is 1. The van der Waals surface area contributed by atoms with Crippen LogP contribution in [-0.2, 0) is 0 Å². The molecule has 5 nitrogen and oxygen atoms in total. The minimum absolute atomic E-state index is 0.0674. The van der Waals surface area contributed by atoms with Gasteiger partial charge in [-0.1, -0.05) is 99.4 Å². The van der Waals surface area contributed by atoms with Crippen molar-refractivity contribution in [3.8, 4) is 0 Å². The summed E-state index contributed by atoms with van der Waals surface area (Å²) in [6.45, 7) is 8.41.